The second-order valence-corrected chi connectivity index (χ2v) is 10.8. The zero-order valence-corrected chi connectivity index (χ0v) is 23.5. The minimum atomic E-state index is -0.283. The number of amides is 1. The summed E-state index contributed by atoms with van der Waals surface area (Å²) in [6.07, 6.45) is 5.70. The molecule has 1 N–H and O–H groups in total. The van der Waals surface area contributed by atoms with Crippen LogP contribution in [-0.2, 0) is 6.54 Å². The highest BCUT2D eigenvalue weighted by Gasteiger charge is 2.27. The standard InChI is InChI=1S/C29H30Cl3N5O/c1-20(10-13-35-29(38)28-26(31)17-34-18-27(28)32)36-14-11-25(12-15-36)37(19-21-4-3-5-22(30)16-21)24-8-6-23(33-2)7-9-24/h3-9,16-18,20,25H,10-15,19H2,1H3,(H,35,38). The summed E-state index contributed by atoms with van der Waals surface area (Å²) in [5.41, 5.74) is 3.18. The fraction of sp³-hybridized carbons (Fsp3) is 0.345. The molecule has 198 valence electrons. The van der Waals surface area contributed by atoms with Gasteiger partial charge in [0.1, 0.15) is 0 Å². The summed E-state index contributed by atoms with van der Waals surface area (Å²) in [7, 11) is 0. The second kappa shape index (κ2) is 13.3. The van der Waals surface area contributed by atoms with E-state index in [1.54, 1.807) is 0 Å². The Balaban J connectivity index is 1.34. The molecule has 1 aromatic heterocycles. The van der Waals surface area contributed by atoms with E-state index >= 15 is 0 Å². The van der Waals surface area contributed by atoms with E-state index in [2.05, 4.69) is 37.9 Å². The van der Waals surface area contributed by atoms with Gasteiger partial charge in [-0.1, -0.05) is 59.1 Å². The molecule has 1 unspecified atom stereocenters. The first-order valence-electron chi connectivity index (χ1n) is 12.7. The SMILES string of the molecule is [C-]#[N+]c1ccc(N(Cc2cccc(Cl)c2)C2CCN(C(C)CCNC(=O)c3c(Cl)cncc3Cl)CC2)cc1. The van der Waals surface area contributed by atoms with Gasteiger partial charge in [-0.15, -0.1) is 0 Å². The largest absolute Gasteiger partial charge is 0.364 e. The predicted octanol–water partition coefficient (Wildman–Crippen LogP) is 7.27. The number of rotatable bonds is 9. The quantitative estimate of drug-likeness (QED) is 0.275. The Kier molecular flexibility index (Phi) is 9.87. The Morgan fingerprint density at radius 1 is 1.13 bits per heavy atom. The second-order valence-electron chi connectivity index (χ2n) is 9.52. The fourth-order valence-corrected chi connectivity index (χ4v) is 5.66. The van der Waals surface area contributed by atoms with Gasteiger partial charge in [-0.25, -0.2) is 4.85 Å². The predicted molar refractivity (Wildman–Crippen MR) is 156 cm³/mol. The number of carbonyl (C=O) groups is 1. The van der Waals surface area contributed by atoms with Gasteiger partial charge >= 0.3 is 0 Å². The molecule has 1 atom stereocenters. The molecule has 1 aliphatic rings. The first kappa shape index (κ1) is 28.2. The van der Waals surface area contributed by atoms with Crippen LogP contribution in [0.1, 0.15) is 42.1 Å². The molecule has 0 spiro atoms. The van der Waals surface area contributed by atoms with Gasteiger partial charge in [0.15, 0.2) is 5.69 Å². The average Bonchev–Trinajstić information content (AvgIpc) is 2.92. The Bertz CT molecular complexity index is 1270. The van der Waals surface area contributed by atoms with Crippen LogP contribution in [0.3, 0.4) is 0 Å². The van der Waals surface area contributed by atoms with Gasteiger partial charge in [0.2, 0.25) is 0 Å². The molecule has 0 radical (unpaired) electrons. The van der Waals surface area contributed by atoms with E-state index in [0.29, 0.717) is 24.3 Å². The molecule has 1 fully saturated rings. The molecule has 6 nitrogen and oxygen atoms in total. The van der Waals surface area contributed by atoms with Crippen LogP contribution in [0.5, 0.6) is 0 Å². The van der Waals surface area contributed by atoms with Gasteiger partial charge in [-0.05, 0) is 56.0 Å². The van der Waals surface area contributed by atoms with Gasteiger partial charge in [-0.3, -0.25) is 9.78 Å². The maximum atomic E-state index is 12.6. The molecule has 0 bridgehead atoms. The van der Waals surface area contributed by atoms with Crippen molar-refractivity contribution >= 4 is 52.1 Å². The van der Waals surface area contributed by atoms with Gasteiger partial charge < -0.3 is 15.1 Å². The summed E-state index contributed by atoms with van der Waals surface area (Å²) in [4.78, 5) is 24.9. The van der Waals surface area contributed by atoms with Crippen LogP contribution in [0.25, 0.3) is 4.85 Å². The Morgan fingerprint density at radius 2 is 1.82 bits per heavy atom. The lowest BCUT2D eigenvalue weighted by Crippen LogP contribution is -2.48. The van der Waals surface area contributed by atoms with E-state index < -0.39 is 0 Å². The molecule has 1 amide bonds. The van der Waals surface area contributed by atoms with Crippen molar-refractivity contribution in [3.63, 3.8) is 0 Å². The fourth-order valence-electron chi connectivity index (χ4n) is 4.91. The van der Waals surface area contributed by atoms with Crippen LogP contribution in [-0.4, -0.2) is 47.5 Å². The number of likely N-dealkylation sites (tertiary alicyclic amines) is 1. The topological polar surface area (TPSA) is 52.8 Å². The third kappa shape index (κ3) is 7.18. The maximum absolute atomic E-state index is 12.6. The van der Waals surface area contributed by atoms with Crippen LogP contribution >= 0.6 is 34.8 Å². The lowest BCUT2D eigenvalue weighted by atomic mass is 9.99. The van der Waals surface area contributed by atoms with Crippen LogP contribution in [0.4, 0.5) is 11.4 Å². The molecule has 2 heterocycles. The lowest BCUT2D eigenvalue weighted by molar-refractivity contribution is 0.0945. The minimum absolute atomic E-state index is 0.246. The van der Waals surface area contributed by atoms with E-state index in [4.69, 9.17) is 41.4 Å². The smallest absolute Gasteiger partial charge is 0.254 e. The summed E-state index contributed by atoms with van der Waals surface area (Å²) in [6.45, 7) is 12.7. The zero-order valence-electron chi connectivity index (χ0n) is 21.2. The number of nitrogens with one attached hydrogen (secondary N) is 1. The number of hydrogen-bond donors (Lipinski definition) is 1. The Hall–Kier alpha value is -2.82. The molecular weight excluding hydrogens is 541 g/mol. The number of anilines is 1. The summed E-state index contributed by atoms with van der Waals surface area (Å²) < 4.78 is 0. The minimum Gasteiger partial charge on any atom is -0.364 e. The lowest BCUT2D eigenvalue weighted by Gasteiger charge is -2.42. The van der Waals surface area contributed by atoms with Gasteiger partial charge in [0.25, 0.3) is 5.91 Å². The van der Waals surface area contributed by atoms with E-state index in [9.17, 15) is 4.79 Å². The molecule has 0 saturated carbocycles. The number of benzene rings is 2. The molecule has 2 aromatic carbocycles. The van der Waals surface area contributed by atoms with Crippen LogP contribution < -0.4 is 10.2 Å². The maximum Gasteiger partial charge on any atom is 0.254 e. The van der Waals surface area contributed by atoms with E-state index in [1.165, 1.54) is 12.4 Å². The third-order valence-corrected chi connectivity index (χ3v) is 7.85. The van der Waals surface area contributed by atoms with Crippen molar-refractivity contribution in [1.82, 2.24) is 15.2 Å². The number of pyridine rings is 1. The summed E-state index contributed by atoms with van der Waals surface area (Å²) in [5.74, 6) is -0.283. The van der Waals surface area contributed by atoms with E-state index in [0.717, 1.165) is 55.2 Å². The summed E-state index contributed by atoms with van der Waals surface area (Å²) in [6, 6.07) is 16.5. The number of halogens is 3. The van der Waals surface area contributed by atoms with Crippen molar-refractivity contribution in [3.05, 3.63) is 98.5 Å². The van der Waals surface area contributed by atoms with Gasteiger partial charge in [0.05, 0.1) is 22.2 Å². The number of hydrogen-bond acceptors (Lipinski definition) is 4. The van der Waals surface area contributed by atoms with Gasteiger partial charge in [0, 0.05) is 61.4 Å². The number of carbonyl (C=O) groups excluding carboxylic acids is 1. The Morgan fingerprint density at radius 3 is 2.45 bits per heavy atom. The normalized spacial score (nSPS) is 15.0. The van der Waals surface area contributed by atoms with Crippen molar-refractivity contribution in [2.45, 2.75) is 44.8 Å². The average molecular weight is 571 g/mol. The highest BCUT2D eigenvalue weighted by atomic mass is 35.5. The molecule has 3 aromatic rings. The van der Waals surface area contributed by atoms with E-state index in [1.807, 2.05) is 42.5 Å². The molecule has 38 heavy (non-hydrogen) atoms. The molecule has 4 rings (SSSR count). The molecule has 1 aliphatic heterocycles. The first-order chi connectivity index (χ1) is 18.4. The Labute approximate surface area is 239 Å². The molecule has 0 aliphatic carbocycles. The third-order valence-electron chi connectivity index (χ3n) is 7.04. The molecule has 1 saturated heterocycles. The van der Waals surface area contributed by atoms with Crippen molar-refractivity contribution in [1.29, 1.82) is 0 Å². The van der Waals surface area contributed by atoms with Gasteiger partial charge in [-0.2, -0.15) is 0 Å². The summed E-state index contributed by atoms with van der Waals surface area (Å²) >= 11 is 18.5. The highest BCUT2D eigenvalue weighted by Crippen LogP contribution is 2.29. The van der Waals surface area contributed by atoms with Crippen LogP contribution in [0.15, 0.2) is 60.9 Å². The van der Waals surface area contributed by atoms with Crippen molar-refractivity contribution in [2.24, 2.45) is 0 Å². The first-order valence-corrected chi connectivity index (χ1v) is 13.8. The number of aromatic nitrogens is 1. The molecular formula is C29H30Cl3N5O. The highest BCUT2D eigenvalue weighted by molar-refractivity contribution is 6.39. The van der Waals surface area contributed by atoms with Crippen LogP contribution in [0, 0.1) is 6.57 Å². The van der Waals surface area contributed by atoms with E-state index in [-0.39, 0.29) is 21.5 Å². The van der Waals surface area contributed by atoms with Crippen molar-refractivity contribution in [3.8, 4) is 0 Å². The van der Waals surface area contributed by atoms with Crippen molar-refractivity contribution in [2.75, 3.05) is 24.5 Å². The molecule has 9 heteroatoms. The number of nitrogens with zero attached hydrogens (tertiary/aromatic N) is 4. The zero-order chi connectivity index (χ0) is 27.1. The number of piperidine rings is 1. The van der Waals surface area contributed by atoms with Crippen molar-refractivity contribution < 1.29 is 4.79 Å². The van der Waals surface area contributed by atoms with Crippen LogP contribution in [0.2, 0.25) is 15.1 Å². The monoisotopic (exact) mass is 569 g/mol. The summed E-state index contributed by atoms with van der Waals surface area (Å²) in [5, 5.41) is 4.16.